The molecule has 0 radical (unpaired) electrons. The Kier molecular flexibility index (Phi) is 3.69. The van der Waals surface area contributed by atoms with Crippen LogP contribution >= 0.6 is 0 Å². The summed E-state index contributed by atoms with van der Waals surface area (Å²) in [5.41, 5.74) is 1.05. The molecule has 2 saturated carbocycles. The maximum Gasteiger partial charge on any atom is 0.151 e. The molecule has 0 saturated heterocycles. The molecule has 2 aliphatic carbocycles. The molecule has 1 heterocycles. The van der Waals surface area contributed by atoms with E-state index in [2.05, 4.69) is 46.4 Å². The van der Waals surface area contributed by atoms with Gasteiger partial charge in [-0.25, -0.2) is 0 Å². The Labute approximate surface area is 115 Å². The molecule has 2 fully saturated rings. The van der Waals surface area contributed by atoms with Crippen molar-refractivity contribution in [2.24, 2.45) is 5.92 Å². The maximum absolute atomic E-state index is 4.42. The van der Waals surface area contributed by atoms with E-state index in [1.54, 1.807) is 0 Å². The van der Waals surface area contributed by atoms with Gasteiger partial charge in [-0.15, -0.1) is 5.10 Å². The highest BCUT2D eigenvalue weighted by molar-refractivity contribution is 5.38. The van der Waals surface area contributed by atoms with E-state index in [0.717, 1.165) is 36.6 Å². The predicted molar refractivity (Wildman–Crippen MR) is 77.1 cm³/mol. The molecule has 0 unspecified atom stereocenters. The van der Waals surface area contributed by atoms with Crippen molar-refractivity contribution < 1.29 is 0 Å². The van der Waals surface area contributed by atoms with Crippen LogP contribution in [0.4, 0.5) is 5.82 Å². The van der Waals surface area contributed by atoms with E-state index in [4.69, 9.17) is 0 Å². The van der Waals surface area contributed by atoms with Crippen LogP contribution in [0.5, 0.6) is 0 Å². The molecule has 1 aromatic rings. The van der Waals surface area contributed by atoms with Crippen molar-refractivity contribution >= 4 is 5.82 Å². The second-order valence-corrected chi connectivity index (χ2v) is 6.23. The molecule has 0 aromatic carbocycles. The zero-order valence-corrected chi connectivity index (χ0v) is 12.0. The van der Waals surface area contributed by atoms with Gasteiger partial charge in [0, 0.05) is 25.2 Å². The summed E-state index contributed by atoms with van der Waals surface area (Å²) in [5.74, 6) is 1.90. The van der Waals surface area contributed by atoms with E-state index in [1.807, 2.05) is 0 Å². The lowest BCUT2D eigenvalue weighted by Gasteiger charge is -2.27. The van der Waals surface area contributed by atoms with Crippen molar-refractivity contribution in [1.82, 2.24) is 15.5 Å². The first-order valence-electron chi connectivity index (χ1n) is 7.55. The van der Waals surface area contributed by atoms with E-state index in [-0.39, 0.29) is 0 Å². The summed E-state index contributed by atoms with van der Waals surface area (Å²) in [5, 5.41) is 12.2. The highest BCUT2D eigenvalue weighted by Crippen LogP contribution is 2.31. The number of nitrogens with one attached hydrogen (secondary N) is 1. The number of anilines is 1. The Hall–Kier alpha value is -1.16. The lowest BCUT2D eigenvalue weighted by atomic mass is 10.2. The standard InChI is InChI=1S/C15H24N4/c1-11(2)19(10-12-3-4-12)15-8-7-14(17-18-15)9-16-13-5-6-13/h7-8,11-13,16H,3-6,9-10H2,1-2H3. The van der Waals surface area contributed by atoms with Gasteiger partial charge in [-0.3, -0.25) is 0 Å². The third-order valence-electron chi connectivity index (χ3n) is 3.92. The molecule has 0 aliphatic heterocycles. The zero-order valence-electron chi connectivity index (χ0n) is 12.0. The highest BCUT2D eigenvalue weighted by atomic mass is 15.3. The van der Waals surface area contributed by atoms with Gasteiger partial charge < -0.3 is 10.2 Å². The minimum Gasteiger partial charge on any atom is -0.352 e. The Morgan fingerprint density at radius 1 is 1.21 bits per heavy atom. The maximum atomic E-state index is 4.42. The monoisotopic (exact) mass is 260 g/mol. The number of hydrogen-bond donors (Lipinski definition) is 1. The van der Waals surface area contributed by atoms with E-state index in [1.165, 1.54) is 25.7 Å². The van der Waals surface area contributed by atoms with Gasteiger partial charge >= 0.3 is 0 Å². The fraction of sp³-hybridized carbons (Fsp3) is 0.733. The van der Waals surface area contributed by atoms with Crippen molar-refractivity contribution in [2.75, 3.05) is 11.4 Å². The Bertz CT molecular complexity index is 407. The van der Waals surface area contributed by atoms with Crippen LogP contribution < -0.4 is 10.2 Å². The van der Waals surface area contributed by atoms with Gasteiger partial charge in [0.15, 0.2) is 5.82 Å². The van der Waals surface area contributed by atoms with Crippen LogP contribution in [0.3, 0.4) is 0 Å². The summed E-state index contributed by atoms with van der Waals surface area (Å²) in [6, 6.07) is 5.45. The number of rotatable bonds is 7. The summed E-state index contributed by atoms with van der Waals surface area (Å²) in [7, 11) is 0. The van der Waals surface area contributed by atoms with Gasteiger partial charge in [0.1, 0.15) is 0 Å². The minimum atomic E-state index is 0.491. The number of hydrogen-bond acceptors (Lipinski definition) is 4. The lowest BCUT2D eigenvalue weighted by molar-refractivity contribution is 0.624. The summed E-state index contributed by atoms with van der Waals surface area (Å²) >= 11 is 0. The fourth-order valence-electron chi connectivity index (χ4n) is 2.28. The van der Waals surface area contributed by atoms with E-state index < -0.39 is 0 Å². The highest BCUT2D eigenvalue weighted by Gasteiger charge is 2.26. The van der Waals surface area contributed by atoms with Crippen molar-refractivity contribution in [1.29, 1.82) is 0 Å². The van der Waals surface area contributed by atoms with Gasteiger partial charge in [-0.1, -0.05) is 0 Å². The van der Waals surface area contributed by atoms with Crippen LogP contribution in [-0.2, 0) is 6.54 Å². The fourth-order valence-corrected chi connectivity index (χ4v) is 2.28. The third kappa shape index (κ3) is 3.66. The van der Waals surface area contributed by atoms with Crippen molar-refractivity contribution in [3.05, 3.63) is 17.8 Å². The molecule has 0 amide bonds. The number of aromatic nitrogens is 2. The first kappa shape index (κ1) is 12.9. The van der Waals surface area contributed by atoms with Gasteiger partial charge in [0.2, 0.25) is 0 Å². The average Bonchev–Trinajstić information content (AvgIpc) is 3.27. The van der Waals surface area contributed by atoms with E-state index >= 15 is 0 Å². The molecule has 4 nitrogen and oxygen atoms in total. The van der Waals surface area contributed by atoms with E-state index in [0.29, 0.717) is 6.04 Å². The molecule has 104 valence electrons. The molecular formula is C15H24N4. The zero-order chi connectivity index (χ0) is 13.2. The quantitative estimate of drug-likeness (QED) is 0.817. The summed E-state index contributed by atoms with van der Waals surface area (Å²) in [6.07, 6.45) is 5.38. The SMILES string of the molecule is CC(C)N(CC1CC1)c1ccc(CNC2CC2)nn1. The molecule has 1 N–H and O–H groups in total. The number of nitrogens with zero attached hydrogens (tertiary/aromatic N) is 3. The second kappa shape index (κ2) is 5.45. The lowest BCUT2D eigenvalue weighted by Crippen LogP contribution is -2.33. The average molecular weight is 260 g/mol. The molecule has 4 heteroatoms. The summed E-state index contributed by atoms with van der Waals surface area (Å²) in [4.78, 5) is 2.38. The van der Waals surface area contributed by atoms with Gasteiger partial charge in [-0.05, 0) is 57.6 Å². The second-order valence-electron chi connectivity index (χ2n) is 6.23. The molecule has 0 atom stereocenters. The molecule has 1 aromatic heterocycles. The molecule has 2 aliphatic rings. The van der Waals surface area contributed by atoms with Crippen LogP contribution in [0.1, 0.15) is 45.2 Å². The van der Waals surface area contributed by atoms with Gasteiger partial charge in [0.25, 0.3) is 0 Å². The largest absolute Gasteiger partial charge is 0.352 e. The van der Waals surface area contributed by atoms with Crippen molar-refractivity contribution in [2.45, 2.75) is 58.2 Å². The topological polar surface area (TPSA) is 41.0 Å². The Morgan fingerprint density at radius 3 is 2.53 bits per heavy atom. The third-order valence-corrected chi connectivity index (χ3v) is 3.92. The molecule has 0 bridgehead atoms. The van der Waals surface area contributed by atoms with E-state index in [9.17, 15) is 0 Å². The van der Waals surface area contributed by atoms with Crippen LogP contribution in [0.25, 0.3) is 0 Å². The smallest absolute Gasteiger partial charge is 0.151 e. The first-order chi connectivity index (χ1) is 9.22. The van der Waals surface area contributed by atoms with Gasteiger partial charge in [-0.2, -0.15) is 5.10 Å². The summed E-state index contributed by atoms with van der Waals surface area (Å²) < 4.78 is 0. The first-order valence-corrected chi connectivity index (χ1v) is 7.55. The predicted octanol–water partition coefficient (Wildman–Crippen LogP) is 2.35. The van der Waals surface area contributed by atoms with Crippen LogP contribution in [0.2, 0.25) is 0 Å². The van der Waals surface area contributed by atoms with Gasteiger partial charge in [0.05, 0.1) is 5.69 Å². The Balaban J connectivity index is 1.61. The van der Waals surface area contributed by atoms with Crippen molar-refractivity contribution in [3.8, 4) is 0 Å². The van der Waals surface area contributed by atoms with Crippen LogP contribution in [-0.4, -0.2) is 28.8 Å². The van der Waals surface area contributed by atoms with Crippen LogP contribution in [0, 0.1) is 5.92 Å². The van der Waals surface area contributed by atoms with Crippen LogP contribution in [0.15, 0.2) is 12.1 Å². The Morgan fingerprint density at radius 2 is 2.00 bits per heavy atom. The molecule has 3 rings (SSSR count). The molecule has 0 spiro atoms. The normalized spacial score (nSPS) is 18.9. The molecule has 19 heavy (non-hydrogen) atoms. The van der Waals surface area contributed by atoms with Crippen molar-refractivity contribution in [3.63, 3.8) is 0 Å². The molecular weight excluding hydrogens is 236 g/mol. The minimum absolute atomic E-state index is 0.491. The summed E-state index contributed by atoms with van der Waals surface area (Å²) in [6.45, 7) is 6.44.